The zero-order chi connectivity index (χ0) is 19.0. The lowest BCUT2D eigenvalue weighted by molar-refractivity contribution is 0.750. The number of aromatic nitrogens is 4. The Bertz CT molecular complexity index is 1200. The van der Waals surface area contributed by atoms with E-state index in [0.29, 0.717) is 33.8 Å². The Morgan fingerprint density at radius 1 is 0.963 bits per heavy atom. The van der Waals surface area contributed by atoms with Gasteiger partial charge in [-0.2, -0.15) is 4.98 Å². The van der Waals surface area contributed by atoms with Crippen LogP contribution in [0.2, 0.25) is 10.2 Å². The van der Waals surface area contributed by atoms with Crippen LogP contribution in [-0.2, 0) is 6.54 Å². The topological polar surface area (TPSA) is 69.8 Å². The van der Waals surface area contributed by atoms with Crippen molar-refractivity contribution in [1.82, 2.24) is 19.1 Å². The van der Waals surface area contributed by atoms with Crippen LogP contribution in [0.5, 0.6) is 0 Å². The molecule has 0 unspecified atom stereocenters. The van der Waals surface area contributed by atoms with Crippen LogP contribution in [0.4, 0.5) is 0 Å². The number of pyridine rings is 2. The Hall–Kier alpha value is -2.96. The minimum atomic E-state index is -0.649. The van der Waals surface area contributed by atoms with E-state index >= 15 is 0 Å². The molecule has 0 radical (unpaired) electrons. The monoisotopic (exact) mass is 398 g/mol. The fourth-order valence-electron chi connectivity index (χ4n) is 2.82. The summed E-state index contributed by atoms with van der Waals surface area (Å²) in [7, 11) is 0. The molecule has 0 saturated heterocycles. The summed E-state index contributed by atoms with van der Waals surface area (Å²) in [4.78, 5) is 33.7. The van der Waals surface area contributed by atoms with Crippen LogP contribution in [0.3, 0.4) is 0 Å². The molecule has 8 heteroatoms. The lowest BCUT2D eigenvalue weighted by Gasteiger charge is -2.15. The molecule has 3 heterocycles. The number of benzene rings is 1. The first-order chi connectivity index (χ1) is 13.0. The van der Waals surface area contributed by atoms with Gasteiger partial charge in [-0.3, -0.25) is 4.79 Å². The largest absolute Gasteiger partial charge is 0.357 e. The number of rotatable bonds is 3. The third-order valence-electron chi connectivity index (χ3n) is 4.09. The molecule has 2 aliphatic rings. The van der Waals surface area contributed by atoms with Gasteiger partial charge in [-0.25, -0.2) is 14.3 Å². The lowest BCUT2D eigenvalue weighted by Crippen LogP contribution is -2.36. The second-order valence-corrected chi connectivity index (χ2v) is 6.70. The van der Waals surface area contributed by atoms with Crippen molar-refractivity contribution in [3.8, 4) is 17.1 Å². The van der Waals surface area contributed by atoms with E-state index in [1.807, 2.05) is 6.07 Å². The highest BCUT2D eigenvalue weighted by molar-refractivity contribution is 6.30. The molecule has 0 spiro atoms. The second-order valence-electron chi connectivity index (χ2n) is 5.87. The third kappa shape index (κ3) is 3.37. The van der Waals surface area contributed by atoms with Gasteiger partial charge in [0.1, 0.15) is 5.15 Å². The van der Waals surface area contributed by atoms with Crippen LogP contribution >= 0.6 is 23.2 Å². The van der Waals surface area contributed by atoms with Crippen LogP contribution in [0, 0.1) is 0 Å². The van der Waals surface area contributed by atoms with E-state index in [4.69, 9.17) is 23.2 Å². The van der Waals surface area contributed by atoms with Crippen molar-refractivity contribution in [3.05, 3.63) is 97.5 Å². The van der Waals surface area contributed by atoms with Gasteiger partial charge >= 0.3 is 5.69 Å². The van der Waals surface area contributed by atoms with Crippen molar-refractivity contribution in [2.24, 2.45) is 0 Å². The van der Waals surface area contributed by atoms with Crippen molar-refractivity contribution < 1.29 is 0 Å². The maximum Gasteiger partial charge on any atom is 0.357 e. The molecule has 0 bridgehead atoms. The summed E-state index contributed by atoms with van der Waals surface area (Å²) in [6.45, 7) is 0.401. The molecule has 0 fully saturated rings. The van der Waals surface area contributed by atoms with Gasteiger partial charge in [0.25, 0.3) is 5.56 Å². The molecule has 4 rings (SSSR count). The normalized spacial score (nSPS) is 11.0. The standard InChI is InChI=1S/C19H12Cl2N4O2/c20-13-4-6-14(7-5-13)25-18(26)15-2-1-9-24(17(15)23-19(25)27)11-12-3-8-16(21)22-10-12/h1-10H,11H2. The maximum absolute atomic E-state index is 12.9. The van der Waals surface area contributed by atoms with Crippen LogP contribution < -0.4 is 11.2 Å². The first kappa shape index (κ1) is 17.5. The predicted octanol–water partition coefficient (Wildman–Crippen LogP) is 3.25. The van der Waals surface area contributed by atoms with E-state index in [0.717, 1.165) is 10.1 Å². The van der Waals surface area contributed by atoms with Crippen LogP contribution in [0.15, 0.2) is 70.5 Å². The van der Waals surface area contributed by atoms with Crippen molar-refractivity contribution in [3.63, 3.8) is 0 Å². The first-order valence-corrected chi connectivity index (χ1v) is 8.77. The number of hydrogen-bond acceptors (Lipinski definition) is 4. The average molecular weight is 399 g/mol. The molecule has 134 valence electrons. The summed E-state index contributed by atoms with van der Waals surface area (Å²) in [5.41, 5.74) is 0.544. The van der Waals surface area contributed by atoms with Gasteiger partial charge in [0.05, 0.1) is 17.8 Å². The molecule has 27 heavy (non-hydrogen) atoms. The first-order valence-electron chi connectivity index (χ1n) is 8.01. The SMILES string of the molecule is O=c1nc2n(Cc3ccc(Cl)nc3)cccc-2c(=O)n1-c1ccc(Cl)cc1. The van der Waals surface area contributed by atoms with Crippen molar-refractivity contribution >= 4 is 23.2 Å². The summed E-state index contributed by atoms with van der Waals surface area (Å²) in [5.74, 6) is 0.313. The van der Waals surface area contributed by atoms with Gasteiger partial charge in [-0.05, 0) is 48.0 Å². The highest BCUT2D eigenvalue weighted by Crippen LogP contribution is 2.17. The Balaban J connectivity index is 1.85. The summed E-state index contributed by atoms with van der Waals surface area (Å²) < 4.78 is 2.77. The Kier molecular flexibility index (Phi) is 4.51. The quantitative estimate of drug-likeness (QED) is 0.496. The number of halogens is 2. The van der Waals surface area contributed by atoms with Crippen LogP contribution in [-0.4, -0.2) is 19.1 Å². The molecule has 1 aromatic carbocycles. The summed E-state index contributed by atoms with van der Waals surface area (Å²) in [6, 6.07) is 13.3. The fraction of sp³-hybridized carbons (Fsp3) is 0.0526. The van der Waals surface area contributed by atoms with Crippen molar-refractivity contribution in [2.75, 3.05) is 0 Å². The Morgan fingerprint density at radius 2 is 1.74 bits per heavy atom. The molecule has 0 aliphatic carbocycles. The lowest BCUT2D eigenvalue weighted by atomic mass is 10.2. The molecule has 2 aliphatic heterocycles. The third-order valence-corrected chi connectivity index (χ3v) is 4.57. The fourth-order valence-corrected chi connectivity index (χ4v) is 3.06. The average Bonchev–Trinajstić information content (AvgIpc) is 2.66. The van der Waals surface area contributed by atoms with Crippen LogP contribution in [0.1, 0.15) is 5.56 Å². The van der Waals surface area contributed by atoms with Gasteiger partial charge in [0, 0.05) is 17.4 Å². The van der Waals surface area contributed by atoms with E-state index in [-0.39, 0.29) is 0 Å². The molecule has 1 aromatic heterocycles. The van der Waals surface area contributed by atoms with E-state index in [2.05, 4.69) is 9.97 Å². The highest BCUT2D eigenvalue weighted by Gasteiger charge is 2.18. The Labute approximate surface area is 163 Å². The Morgan fingerprint density at radius 3 is 2.44 bits per heavy atom. The van der Waals surface area contributed by atoms with E-state index in [1.54, 1.807) is 59.4 Å². The predicted molar refractivity (Wildman–Crippen MR) is 104 cm³/mol. The molecule has 6 nitrogen and oxygen atoms in total. The van der Waals surface area contributed by atoms with Gasteiger partial charge in [-0.1, -0.05) is 29.3 Å². The molecule has 0 N–H and O–H groups in total. The summed E-state index contributed by atoms with van der Waals surface area (Å²) >= 11 is 11.7. The van der Waals surface area contributed by atoms with Gasteiger partial charge in [-0.15, -0.1) is 0 Å². The highest BCUT2D eigenvalue weighted by atomic mass is 35.5. The van der Waals surface area contributed by atoms with Crippen molar-refractivity contribution in [1.29, 1.82) is 0 Å². The van der Waals surface area contributed by atoms with Gasteiger partial charge < -0.3 is 4.57 Å². The zero-order valence-electron chi connectivity index (χ0n) is 13.8. The molecular weight excluding hydrogens is 387 g/mol. The molecule has 0 amide bonds. The van der Waals surface area contributed by atoms with Gasteiger partial charge in [0.2, 0.25) is 0 Å². The molecule has 0 atom stereocenters. The maximum atomic E-state index is 12.9. The van der Waals surface area contributed by atoms with Gasteiger partial charge in [0.15, 0.2) is 5.82 Å². The number of fused-ring (bicyclic) bond motifs is 1. The zero-order valence-corrected chi connectivity index (χ0v) is 15.4. The van der Waals surface area contributed by atoms with Crippen molar-refractivity contribution in [2.45, 2.75) is 6.54 Å². The van der Waals surface area contributed by atoms with E-state index in [1.165, 1.54) is 0 Å². The number of nitrogens with zero attached hydrogens (tertiary/aromatic N) is 4. The molecule has 0 saturated carbocycles. The summed E-state index contributed by atoms with van der Waals surface area (Å²) in [5, 5.41) is 0.912. The smallest absolute Gasteiger partial charge is 0.328 e. The molecular formula is C19H12Cl2N4O2. The minimum absolute atomic E-state index is 0.313. The van der Waals surface area contributed by atoms with Crippen LogP contribution in [0.25, 0.3) is 17.1 Å². The second kappa shape index (κ2) is 6.98. The summed E-state index contributed by atoms with van der Waals surface area (Å²) in [6.07, 6.45) is 3.40. The number of hydrogen-bond donors (Lipinski definition) is 0. The van der Waals surface area contributed by atoms with E-state index in [9.17, 15) is 9.59 Å². The van der Waals surface area contributed by atoms with E-state index < -0.39 is 11.2 Å². The molecule has 2 aromatic rings. The minimum Gasteiger partial charge on any atom is -0.328 e.